The second-order valence-corrected chi connectivity index (χ2v) is 4.86. The molecule has 0 unspecified atom stereocenters. The Labute approximate surface area is 134 Å². The molecular weight excluding hydrogens is 296 g/mol. The first-order valence-electron chi connectivity index (χ1n) is 7.14. The normalized spacial score (nSPS) is 11.3. The lowest BCUT2D eigenvalue weighted by molar-refractivity contribution is 0.135. The van der Waals surface area contributed by atoms with Crippen LogP contribution in [0.2, 0.25) is 0 Å². The largest absolute Gasteiger partial charge is 0.465 e. The summed E-state index contributed by atoms with van der Waals surface area (Å²) in [5.41, 5.74) is 1.67. The van der Waals surface area contributed by atoms with E-state index >= 15 is 0 Å². The quantitative estimate of drug-likeness (QED) is 0.765. The zero-order valence-electron chi connectivity index (χ0n) is 12.4. The van der Waals surface area contributed by atoms with Gasteiger partial charge < -0.3 is 20.5 Å². The number of carbonyl (C=O) groups is 2. The van der Waals surface area contributed by atoms with Crippen LogP contribution in [0, 0.1) is 0 Å². The van der Waals surface area contributed by atoms with E-state index in [9.17, 15) is 9.59 Å². The molecule has 0 aliphatic carbocycles. The van der Waals surface area contributed by atoms with E-state index in [0.717, 1.165) is 11.1 Å². The molecule has 2 aromatic rings. The van der Waals surface area contributed by atoms with Gasteiger partial charge in [-0.25, -0.2) is 9.59 Å². The zero-order chi connectivity index (χ0) is 16.5. The van der Waals surface area contributed by atoms with Gasteiger partial charge in [0, 0.05) is 6.54 Å². The summed E-state index contributed by atoms with van der Waals surface area (Å²) in [5, 5.41) is 13.7. The number of alkyl carbamates (subject to hydrolysis) is 1. The fourth-order valence-corrected chi connectivity index (χ4v) is 2.03. The number of ether oxygens (including phenoxy) is 1. The van der Waals surface area contributed by atoms with Crippen molar-refractivity contribution < 1.29 is 19.4 Å². The summed E-state index contributed by atoms with van der Waals surface area (Å²) in [6.45, 7) is 0.209. The molecule has 2 aromatic carbocycles. The van der Waals surface area contributed by atoms with Crippen LogP contribution < -0.4 is 10.6 Å². The Balaban J connectivity index is 1.93. The highest BCUT2D eigenvalue weighted by Crippen LogP contribution is 2.12. The molecule has 1 atom stereocenters. The lowest BCUT2D eigenvalue weighted by Gasteiger charge is -2.19. The molecule has 2 rings (SSSR count). The molecule has 0 radical (unpaired) electrons. The monoisotopic (exact) mass is 314 g/mol. The van der Waals surface area contributed by atoms with E-state index in [-0.39, 0.29) is 13.2 Å². The summed E-state index contributed by atoms with van der Waals surface area (Å²) >= 11 is 0. The number of nitrogens with one attached hydrogen (secondary N) is 2. The van der Waals surface area contributed by atoms with Crippen LogP contribution in [0.1, 0.15) is 17.2 Å². The standard InChI is InChI=1S/C17H18N2O4/c20-16(21)18-11-15(14-9-5-2-6-10-14)19-17(22)23-12-13-7-3-1-4-8-13/h1-10,15,18H,11-12H2,(H,19,22)(H,20,21)/t15-/m1/s1. The van der Waals surface area contributed by atoms with E-state index in [1.807, 2.05) is 60.7 Å². The van der Waals surface area contributed by atoms with E-state index in [0.29, 0.717) is 0 Å². The minimum atomic E-state index is -1.15. The van der Waals surface area contributed by atoms with Gasteiger partial charge in [0.15, 0.2) is 0 Å². The minimum Gasteiger partial charge on any atom is -0.465 e. The Kier molecular flexibility index (Phi) is 5.99. The lowest BCUT2D eigenvalue weighted by Crippen LogP contribution is -2.37. The number of hydrogen-bond acceptors (Lipinski definition) is 3. The third kappa shape index (κ3) is 5.70. The van der Waals surface area contributed by atoms with Gasteiger partial charge >= 0.3 is 12.2 Å². The summed E-state index contributed by atoms with van der Waals surface area (Å²) in [6.07, 6.45) is -1.75. The lowest BCUT2D eigenvalue weighted by atomic mass is 10.1. The van der Waals surface area contributed by atoms with Crippen molar-refractivity contribution in [3.63, 3.8) is 0 Å². The second kappa shape index (κ2) is 8.43. The second-order valence-electron chi connectivity index (χ2n) is 4.86. The molecule has 0 saturated heterocycles. The van der Waals surface area contributed by atoms with Gasteiger partial charge in [0.05, 0.1) is 6.04 Å². The first-order valence-corrected chi connectivity index (χ1v) is 7.14. The highest BCUT2D eigenvalue weighted by Gasteiger charge is 2.16. The third-order valence-corrected chi connectivity index (χ3v) is 3.16. The maximum Gasteiger partial charge on any atom is 0.408 e. The van der Waals surface area contributed by atoms with Crippen molar-refractivity contribution in [2.75, 3.05) is 6.54 Å². The van der Waals surface area contributed by atoms with Crippen molar-refractivity contribution in [2.24, 2.45) is 0 Å². The summed E-state index contributed by atoms with van der Waals surface area (Å²) in [4.78, 5) is 22.6. The number of carboxylic acid groups (broad SMARTS) is 1. The van der Waals surface area contributed by atoms with Gasteiger partial charge in [-0.2, -0.15) is 0 Å². The number of carbonyl (C=O) groups excluding carboxylic acids is 1. The van der Waals surface area contributed by atoms with Crippen molar-refractivity contribution >= 4 is 12.2 Å². The van der Waals surface area contributed by atoms with Gasteiger partial charge in [-0.1, -0.05) is 60.7 Å². The van der Waals surface area contributed by atoms with Gasteiger partial charge in [-0.15, -0.1) is 0 Å². The molecule has 6 nitrogen and oxygen atoms in total. The molecule has 3 N–H and O–H groups in total. The van der Waals surface area contributed by atoms with Crippen molar-refractivity contribution in [3.8, 4) is 0 Å². The topological polar surface area (TPSA) is 87.7 Å². The summed E-state index contributed by atoms with van der Waals surface area (Å²) in [7, 11) is 0. The van der Waals surface area contributed by atoms with Crippen molar-refractivity contribution in [2.45, 2.75) is 12.6 Å². The Morgan fingerprint density at radius 2 is 1.61 bits per heavy atom. The number of hydrogen-bond donors (Lipinski definition) is 3. The summed E-state index contributed by atoms with van der Waals surface area (Å²) in [5.74, 6) is 0. The maximum atomic E-state index is 11.9. The van der Waals surface area contributed by atoms with Crippen LogP contribution in [0.5, 0.6) is 0 Å². The molecule has 2 amide bonds. The van der Waals surface area contributed by atoms with Crippen molar-refractivity contribution in [1.82, 2.24) is 10.6 Å². The van der Waals surface area contributed by atoms with Crippen molar-refractivity contribution in [3.05, 3.63) is 71.8 Å². The Hall–Kier alpha value is -3.02. The van der Waals surface area contributed by atoms with E-state index in [1.165, 1.54) is 0 Å². The number of benzene rings is 2. The molecule has 23 heavy (non-hydrogen) atoms. The SMILES string of the molecule is O=C(O)NC[C@@H](NC(=O)OCc1ccccc1)c1ccccc1. The first kappa shape index (κ1) is 16.4. The van der Waals surface area contributed by atoms with E-state index in [4.69, 9.17) is 9.84 Å². The van der Waals surface area contributed by atoms with Crippen LogP contribution in [-0.2, 0) is 11.3 Å². The van der Waals surface area contributed by atoms with Crippen LogP contribution in [0.15, 0.2) is 60.7 Å². The fraction of sp³-hybridized carbons (Fsp3) is 0.176. The predicted molar refractivity (Wildman–Crippen MR) is 85.0 cm³/mol. The number of rotatable bonds is 6. The van der Waals surface area contributed by atoms with Crippen LogP contribution in [0.3, 0.4) is 0 Å². The Bertz CT molecular complexity index is 632. The van der Waals surface area contributed by atoms with E-state index in [1.54, 1.807) is 0 Å². The zero-order valence-corrected chi connectivity index (χ0v) is 12.4. The minimum absolute atomic E-state index is 0.0553. The molecule has 0 aliphatic rings. The van der Waals surface area contributed by atoms with Crippen molar-refractivity contribution in [1.29, 1.82) is 0 Å². The fourth-order valence-electron chi connectivity index (χ4n) is 2.03. The summed E-state index contributed by atoms with van der Waals surface area (Å²) < 4.78 is 5.16. The Morgan fingerprint density at radius 1 is 1.00 bits per heavy atom. The van der Waals surface area contributed by atoms with Crippen LogP contribution in [0.4, 0.5) is 9.59 Å². The van der Waals surface area contributed by atoms with Gasteiger partial charge in [-0.3, -0.25) is 0 Å². The highest BCUT2D eigenvalue weighted by atomic mass is 16.5. The third-order valence-electron chi connectivity index (χ3n) is 3.16. The Morgan fingerprint density at radius 3 is 2.22 bits per heavy atom. The average Bonchev–Trinajstić information content (AvgIpc) is 2.58. The molecular formula is C17H18N2O4. The van der Waals surface area contributed by atoms with E-state index < -0.39 is 18.2 Å². The van der Waals surface area contributed by atoms with Gasteiger partial charge in [0.2, 0.25) is 0 Å². The number of amides is 2. The van der Waals surface area contributed by atoms with Gasteiger partial charge in [-0.05, 0) is 11.1 Å². The molecule has 0 heterocycles. The maximum absolute atomic E-state index is 11.9. The predicted octanol–water partition coefficient (Wildman–Crippen LogP) is 2.92. The van der Waals surface area contributed by atoms with Crippen LogP contribution >= 0.6 is 0 Å². The molecule has 0 bridgehead atoms. The highest BCUT2D eigenvalue weighted by molar-refractivity contribution is 5.68. The average molecular weight is 314 g/mol. The summed E-state index contributed by atoms with van der Waals surface area (Å²) in [6, 6.07) is 17.9. The molecule has 0 aromatic heterocycles. The first-order chi connectivity index (χ1) is 11.1. The molecule has 0 saturated carbocycles. The smallest absolute Gasteiger partial charge is 0.408 e. The van der Waals surface area contributed by atoms with Gasteiger partial charge in [0.1, 0.15) is 6.61 Å². The molecule has 120 valence electrons. The molecule has 6 heteroatoms. The van der Waals surface area contributed by atoms with Crippen LogP contribution in [-0.4, -0.2) is 23.8 Å². The molecule has 0 aliphatic heterocycles. The van der Waals surface area contributed by atoms with Gasteiger partial charge in [0.25, 0.3) is 0 Å². The molecule has 0 fully saturated rings. The van der Waals surface area contributed by atoms with Crippen LogP contribution in [0.25, 0.3) is 0 Å². The molecule has 0 spiro atoms. The van der Waals surface area contributed by atoms with E-state index in [2.05, 4.69) is 10.6 Å².